The normalized spacial score (nSPS) is 13.4. The molecule has 0 saturated carbocycles. The summed E-state index contributed by atoms with van der Waals surface area (Å²) in [6.07, 6.45) is 87.9. The van der Waals surface area contributed by atoms with Gasteiger partial charge in [-0.05, 0) is 77.0 Å². The molecule has 0 spiro atoms. The van der Waals surface area contributed by atoms with E-state index in [1.54, 1.807) is 0 Å². The van der Waals surface area contributed by atoms with Crippen LogP contribution in [0.5, 0.6) is 0 Å². The highest BCUT2D eigenvalue weighted by molar-refractivity contribution is 5.71. The third-order valence-corrected chi connectivity index (χ3v) is 14.8. The molecule has 0 radical (unpaired) electrons. The lowest BCUT2D eigenvalue weighted by molar-refractivity contribution is -0.870. The molecule has 0 rings (SSSR count). The van der Waals surface area contributed by atoms with Gasteiger partial charge in [0.15, 0.2) is 6.10 Å². The Hall–Kier alpha value is -4.05. The van der Waals surface area contributed by atoms with Crippen LogP contribution in [0.25, 0.3) is 0 Å². The molecule has 0 amide bonds. The van der Waals surface area contributed by atoms with Crippen molar-refractivity contribution in [2.45, 2.75) is 302 Å². The van der Waals surface area contributed by atoms with Gasteiger partial charge in [0, 0.05) is 12.8 Å². The molecule has 0 fully saturated rings. The smallest absolute Gasteiger partial charge is 0.361 e. The Bertz CT molecular complexity index is 1750. The van der Waals surface area contributed by atoms with Gasteiger partial charge >= 0.3 is 17.9 Å². The zero-order valence-electron chi connectivity index (χ0n) is 55.0. The van der Waals surface area contributed by atoms with E-state index in [-0.39, 0.29) is 38.6 Å². The highest BCUT2D eigenvalue weighted by Crippen LogP contribution is 2.18. The van der Waals surface area contributed by atoms with E-state index in [1.165, 1.54) is 173 Å². The molecule has 9 nitrogen and oxygen atoms in total. The van der Waals surface area contributed by atoms with Gasteiger partial charge in [-0.15, -0.1) is 0 Å². The second kappa shape index (κ2) is 64.9. The third-order valence-electron chi connectivity index (χ3n) is 14.8. The summed E-state index contributed by atoms with van der Waals surface area (Å²) in [6, 6.07) is 0. The monoisotopic (exact) mass is 1170 g/mol. The maximum atomic E-state index is 12.9. The third kappa shape index (κ3) is 65.5. The first-order valence-electron chi connectivity index (χ1n) is 34.6. The Balaban J connectivity index is 4.22. The highest BCUT2D eigenvalue weighted by Gasteiger charge is 2.25. The molecule has 0 heterocycles. The predicted octanol–water partition coefficient (Wildman–Crippen LogP) is 21.4. The molecule has 482 valence electrons. The fraction of sp³-hybridized carbons (Fsp3) is 0.720. The minimum atomic E-state index is -1.53. The fourth-order valence-corrected chi connectivity index (χ4v) is 9.55. The second-order valence-corrected chi connectivity index (χ2v) is 24.1. The summed E-state index contributed by atoms with van der Waals surface area (Å²) in [4.78, 5) is 37.6. The van der Waals surface area contributed by atoms with Crippen molar-refractivity contribution in [3.8, 4) is 0 Å². The quantitative estimate of drug-likeness (QED) is 0.0211. The van der Waals surface area contributed by atoms with Crippen LogP contribution in [0.2, 0.25) is 0 Å². The number of quaternary nitrogens is 1. The van der Waals surface area contributed by atoms with E-state index in [0.717, 1.165) is 77.0 Å². The lowest BCUT2D eigenvalue weighted by Gasteiger charge is -2.25. The van der Waals surface area contributed by atoms with Crippen molar-refractivity contribution in [1.82, 2.24) is 0 Å². The largest absolute Gasteiger partial charge is 0.477 e. The van der Waals surface area contributed by atoms with Crippen LogP contribution in [0.15, 0.2) is 109 Å². The van der Waals surface area contributed by atoms with Gasteiger partial charge in [-0.25, -0.2) is 4.79 Å². The predicted molar refractivity (Wildman–Crippen MR) is 359 cm³/mol. The van der Waals surface area contributed by atoms with Crippen LogP contribution in [0.1, 0.15) is 290 Å². The van der Waals surface area contributed by atoms with Gasteiger partial charge in [-0.2, -0.15) is 0 Å². The van der Waals surface area contributed by atoms with Gasteiger partial charge in [0.1, 0.15) is 13.2 Å². The molecule has 0 bridgehead atoms. The molecule has 0 aromatic heterocycles. The zero-order valence-corrected chi connectivity index (χ0v) is 55.0. The number of aliphatic carboxylic acids is 1. The van der Waals surface area contributed by atoms with E-state index < -0.39 is 24.3 Å². The number of unbranched alkanes of at least 4 members (excludes halogenated alkanes) is 30. The Morgan fingerprint density at radius 1 is 0.369 bits per heavy atom. The number of ether oxygens (including phenoxy) is 4. The molecule has 0 aromatic carbocycles. The summed E-state index contributed by atoms with van der Waals surface area (Å²) < 4.78 is 22.9. The summed E-state index contributed by atoms with van der Waals surface area (Å²) in [7, 11) is 5.95. The summed E-state index contributed by atoms with van der Waals surface area (Å²) >= 11 is 0. The summed E-state index contributed by atoms with van der Waals surface area (Å²) in [6.45, 7) is 4.72. The second-order valence-electron chi connectivity index (χ2n) is 24.1. The van der Waals surface area contributed by atoms with Crippen LogP contribution in [0.4, 0.5) is 0 Å². The van der Waals surface area contributed by atoms with E-state index >= 15 is 0 Å². The van der Waals surface area contributed by atoms with Gasteiger partial charge in [0.05, 0.1) is 34.4 Å². The molecule has 84 heavy (non-hydrogen) atoms. The van der Waals surface area contributed by atoms with Crippen molar-refractivity contribution < 1.29 is 42.9 Å². The number of allylic oxidation sites excluding steroid dienone is 18. The number of carbonyl (C=O) groups excluding carboxylic acids is 2. The number of hydrogen-bond donors (Lipinski definition) is 1. The number of likely N-dealkylation sites (N-methyl/N-ethyl adjacent to an activating group) is 1. The van der Waals surface area contributed by atoms with Crippen LogP contribution >= 0.6 is 0 Å². The molecule has 0 aliphatic heterocycles. The highest BCUT2D eigenvalue weighted by atomic mass is 16.7. The molecule has 2 unspecified atom stereocenters. The van der Waals surface area contributed by atoms with Gasteiger partial charge in [0.2, 0.25) is 0 Å². The summed E-state index contributed by atoms with van der Waals surface area (Å²) in [5, 5.41) is 9.74. The van der Waals surface area contributed by atoms with Crippen LogP contribution in [-0.2, 0) is 33.3 Å². The SMILES string of the molecule is CC/C=C\C/C=C\C/C=C\C/C=C\C/C=C\C/C=C\C/C=C\C/C=C\C/C=C\CCCC(=O)OC(COC(=O)CCCCCCCCCCCCCCCCCCCCCCCCCCCCCCCC)COC(OCC[N+](C)(C)C)C(=O)O. The summed E-state index contributed by atoms with van der Waals surface area (Å²) in [5.74, 6) is -2.08. The number of hydrogen-bond acceptors (Lipinski definition) is 7. The fourth-order valence-electron chi connectivity index (χ4n) is 9.55. The zero-order chi connectivity index (χ0) is 61.2. The molecule has 0 saturated heterocycles. The average molecular weight is 1170 g/mol. The molecular weight excluding hydrogens is 1040 g/mol. The van der Waals surface area contributed by atoms with Crippen molar-refractivity contribution in [2.24, 2.45) is 0 Å². The number of carbonyl (C=O) groups is 3. The van der Waals surface area contributed by atoms with Gasteiger partial charge in [-0.3, -0.25) is 9.59 Å². The topological polar surface area (TPSA) is 108 Å². The Morgan fingerprint density at radius 2 is 0.679 bits per heavy atom. The molecule has 0 aliphatic carbocycles. The maximum absolute atomic E-state index is 12.9. The van der Waals surface area contributed by atoms with Crippen LogP contribution in [0, 0.1) is 0 Å². The molecule has 1 N–H and O–H groups in total. The Morgan fingerprint density at radius 3 is 1.00 bits per heavy atom. The number of esters is 2. The standard InChI is InChI=1S/C75H129NO8/c1-6-8-10-12-14-16-18-20-22-24-26-28-30-32-34-36-38-39-41-43-45-47-49-51-53-55-57-59-61-63-65-72(77)82-69-71(70-83-75(74(79)80)81-68-67-76(3,4)5)84-73(78)66-64-62-60-58-56-54-52-50-48-46-44-42-40-37-35-33-31-29-27-25-23-21-19-17-15-13-11-9-7-2/h9,11,15,17,21,23,27,29,33,35,40,42,46,48,52,54,58,60,71,75H,6-8,10,12-14,16,18-20,22,24-26,28,30-32,34,36-39,41,43-45,47,49-51,53,55-57,59,61-70H2,1-5H3/p+1/b11-9-,17-15-,23-21-,29-27-,35-33-,42-40-,48-46-,54-52-,60-58-. The van der Waals surface area contributed by atoms with E-state index in [0.29, 0.717) is 23.9 Å². The lowest BCUT2D eigenvalue weighted by atomic mass is 10.0. The number of carboxylic acid groups (broad SMARTS) is 1. The van der Waals surface area contributed by atoms with E-state index in [1.807, 2.05) is 21.1 Å². The lowest BCUT2D eigenvalue weighted by Crippen LogP contribution is -2.40. The van der Waals surface area contributed by atoms with Crippen LogP contribution < -0.4 is 0 Å². The molecule has 0 aromatic rings. The molecule has 9 heteroatoms. The van der Waals surface area contributed by atoms with Crippen molar-refractivity contribution >= 4 is 17.9 Å². The van der Waals surface area contributed by atoms with Crippen molar-refractivity contribution in [3.63, 3.8) is 0 Å². The van der Waals surface area contributed by atoms with Crippen LogP contribution in [0.3, 0.4) is 0 Å². The summed E-state index contributed by atoms with van der Waals surface area (Å²) in [5.41, 5.74) is 0. The van der Waals surface area contributed by atoms with E-state index in [4.69, 9.17) is 18.9 Å². The molecular formula is C75H130NO8+. The van der Waals surface area contributed by atoms with Crippen molar-refractivity contribution in [3.05, 3.63) is 109 Å². The minimum absolute atomic E-state index is 0.172. The number of rotatable bonds is 63. The first-order chi connectivity index (χ1) is 41.1. The maximum Gasteiger partial charge on any atom is 0.361 e. The van der Waals surface area contributed by atoms with Gasteiger partial charge in [-0.1, -0.05) is 309 Å². The van der Waals surface area contributed by atoms with Gasteiger partial charge in [0.25, 0.3) is 6.29 Å². The van der Waals surface area contributed by atoms with Gasteiger partial charge < -0.3 is 28.5 Å². The average Bonchev–Trinajstić information content (AvgIpc) is 3.55. The van der Waals surface area contributed by atoms with E-state index in [2.05, 4.69) is 123 Å². The minimum Gasteiger partial charge on any atom is -0.477 e. The van der Waals surface area contributed by atoms with E-state index in [9.17, 15) is 19.5 Å². The van der Waals surface area contributed by atoms with Crippen LogP contribution in [-0.4, -0.2) is 87.4 Å². The number of carboxylic acids is 1. The Labute approximate surface area is 517 Å². The first-order valence-corrected chi connectivity index (χ1v) is 34.6. The van der Waals surface area contributed by atoms with Crippen molar-refractivity contribution in [2.75, 3.05) is 47.5 Å². The first kappa shape index (κ1) is 80.0. The molecule has 0 aliphatic rings. The van der Waals surface area contributed by atoms with Crippen molar-refractivity contribution in [1.29, 1.82) is 0 Å². The number of nitrogens with zero attached hydrogens (tertiary/aromatic N) is 1. The molecule has 2 atom stereocenters. The Kier molecular flexibility index (Phi) is 61.8.